The van der Waals surface area contributed by atoms with Crippen molar-refractivity contribution in [1.29, 1.82) is 0 Å². The van der Waals surface area contributed by atoms with Gasteiger partial charge in [-0.3, -0.25) is 0 Å². The SMILES string of the molecule is CC(C)N(C)S(=O)(=O)c1ccc(CNC(=NCc2ccccc2)N(C)C)cc1. The van der Waals surface area contributed by atoms with Crippen LogP contribution in [0, 0.1) is 0 Å². The van der Waals surface area contributed by atoms with Crippen LogP contribution in [-0.4, -0.2) is 50.8 Å². The predicted octanol–water partition coefficient (Wildman–Crippen LogP) is 2.92. The first kappa shape index (κ1) is 21.9. The van der Waals surface area contributed by atoms with E-state index in [0.717, 1.165) is 17.1 Å². The Kier molecular flexibility index (Phi) is 7.60. The molecule has 1 N–H and O–H groups in total. The van der Waals surface area contributed by atoms with Gasteiger partial charge in [0, 0.05) is 33.7 Å². The van der Waals surface area contributed by atoms with Gasteiger partial charge in [0.1, 0.15) is 0 Å². The van der Waals surface area contributed by atoms with Crippen LogP contribution in [0.25, 0.3) is 0 Å². The number of nitrogens with zero attached hydrogens (tertiary/aromatic N) is 3. The van der Waals surface area contributed by atoms with Crippen molar-refractivity contribution in [2.75, 3.05) is 21.1 Å². The zero-order chi connectivity index (χ0) is 20.7. The van der Waals surface area contributed by atoms with Crippen LogP contribution in [0.4, 0.5) is 0 Å². The Morgan fingerprint density at radius 1 is 0.964 bits per heavy atom. The van der Waals surface area contributed by atoms with Crippen molar-refractivity contribution >= 4 is 16.0 Å². The highest BCUT2D eigenvalue weighted by molar-refractivity contribution is 7.89. The minimum Gasteiger partial charge on any atom is -0.352 e. The number of hydrogen-bond donors (Lipinski definition) is 1. The fourth-order valence-corrected chi connectivity index (χ4v) is 3.88. The van der Waals surface area contributed by atoms with Gasteiger partial charge >= 0.3 is 0 Å². The van der Waals surface area contributed by atoms with E-state index in [1.54, 1.807) is 19.2 Å². The average molecular weight is 403 g/mol. The molecule has 7 heteroatoms. The fraction of sp³-hybridized carbons (Fsp3) is 0.381. The third kappa shape index (κ3) is 5.81. The van der Waals surface area contributed by atoms with Gasteiger partial charge in [0.05, 0.1) is 11.4 Å². The van der Waals surface area contributed by atoms with Gasteiger partial charge in [0.25, 0.3) is 0 Å². The van der Waals surface area contributed by atoms with Crippen molar-refractivity contribution < 1.29 is 8.42 Å². The van der Waals surface area contributed by atoms with Gasteiger partial charge < -0.3 is 10.2 Å². The molecule has 0 spiro atoms. The predicted molar refractivity (Wildman–Crippen MR) is 115 cm³/mol. The Morgan fingerprint density at radius 3 is 2.11 bits per heavy atom. The van der Waals surface area contributed by atoms with Crippen LogP contribution in [0.1, 0.15) is 25.0 Å². The molecule has 0 fully saturated rings. The highest BCUT2D eigenvalue weighted by atomic mass is 32.2. The minimum atomic E-state index is -3.46. The maximum Gasteiger partial charge on any atom is 0.243 e. The Balaban J connectivity index is 2.04. The second kappa shape index (κ2) is 9.71. The van der Waals surface area contributed by atoms with Crippen LogP contribution < -0.4 is 5.32 Å². The summed E-state index contributed by atoms with van der Waals surface area (Å²) in [5.74, 6) is 0.778. The molecule has 0 aliphatic carbocycles. The third-order valence-corrected chi connectivity index (χ3v) is 6.50. The van der Waals surface area contributed by atoms with Gasteiger partial charge in [-0.15, -0.1) is 0 Å². The van der Waals surface area contributed by atoms with Crippen molar-refractivity contribution in [3.63, 3.8) is 0 Å². The molecule has 6 nitrogen and oxygen atoms in total. The van der Waals surface area contributed by atoms with Gasteiger partial charge in [-0.25, -0.2) is 13.4 Å². The molecule has 0 aliphatic heterocycles. The van der Waals surface area contributed by atoms with Crippen LogP contribution >= 0.6 is 0 Å². The summed E-state index contributed by atoms with van der Waals surface area (Å²) in [6.07, 6.45) is 0. The number of sulfonamides is 1. The first-order valence-electron chi connectivity index (χ1n) is 9.28. The maximum atomic E-state index is 12.5. The quantitative estimate of drug-likeness (QED) is 0.571. The van der Waals surface area contributed by atoms with E-state index in [2.05, 4.69) is 10.3 Å². The molecule has 28 heavy (non-hydrogen) atoms. The molecule has 0 heterocycles. The standard InChI is InChI=1S/C21H30N4O2S/c1-17(2)25(5)28(26,27)20-13-11-19(12-14-20)16-23-21(24(3)4)22-15-18-9-7-6-8-10-18/h6-14,17H,15-16H2,1-5H3,(H,22,23). The fourth-order valence-electron chi connectivity index (χ4n) is 2.51. The Hall–Kier alpha value is -2.38. The van der Waals surface area contributed by atoms with E-state index in [1.165, 1.54) is 4.31 Å². The van der Waals surface area contributed by atoms with Crippen molar-refractivity contribution in [2.45, 2.75) is 37.9 Å². The summed E-state index contributed by atoms with van der Waals surface area (Å²) in [6, 6.07) is 17.0. The average Bonchev–Trinajstić information content (AvgIpc) is 2.68. The molecule has 0 bridgehead atoms. The zero-order valence-electron chi connectivity index (χ0n) is 17.3. The van der Waals surface area contributed by atoms with Crippen LogP contribution in [0.3, 0.4) is 0 Å². The third-order valence-electron chi connectivity index (χ3n) is 4.46. The topological polar surface area (TPSA) is 65.0 Å². The van der Waals surface area contributed by atoms with E-state index in [0.29, 0.717) is 18.0 Å². The summed E-state index contributed by atoms with van der Waals surface area (Å²) in [4.78, 5) is 6.87. The Labute approximate surface area is 168 Å². The molecule has 2 rings (SSSR count). The monoisotopic (exact) mass is 402 g/mol. The first-order chi connectivity index (χ1) is 13.2. The molecule has 2 aromatic rings. The van der Waals surface area contributed by atoms with E-state index >= 15 is 0 Å². The lowest BCUT2D eigenvalue weighted by Crippen LogP contribution is -2.36. The lowest BCUT2D eigenvalue weighted by atomic mass is 10.2. The van der Waals surface area contributed by atoms with Crippen molar-refractivity contribution in [2.24, 2.45) is 4.99 Å². The minimum absolute atomic E-state index is 0.0881. The van der Waals surface area contributed by atoms with Crippen LogP contribution in [0.15, 0.2) is 64.5 Å². The van der Waals surface area contributed by atoms with E-state index in [-0.39, 0.29) is 6.04 Å². The lowest BCUT2D eigenvalue weighted by Gasteiger charge is -2.21. The highest BCUT2D eigenvalue weighted by Gasteiger charge is 2.22. The summed E-state index contributed by atoms with van der Waals surface area (Å²) in [5.41, 5.74) is 2.13. The van der Waals surface area contributed by atoms with Crippen LogP contribution in [0.5, 0.6) is 0 Å². The Morgan fingerprint density at radius 2 is 1.57 bits per heavy atom. The molecule has 152 valence electrons. The van der Waals surface area contributed by atoms with Gasteiger partial charge in [0.2, 0.25) is 10.0 Å². The van der Waals surface area contributed by atoms with E-state index in [4.69, 9.17) is 0 Å². The summed E-state index contributed by atoms with van der Waals surface area (Å²) in [6.45, 7) is 4.87. The molecule has 0 saturated carbocycles. The van der Waals surface area contributed by atoms with Gasteiger partial charge in [-0.1, -0.05) is 42.5 Å². The number of benzene rings is 2. The van der Waals surface area contributed by atoms with Crippen molar-refractivity contribution in [3.8, 4) is 0 Å². The molecular formula is C21H30N4O2S. The number of guanidine groups is 1. The van der Waals surface area contributed by atoms with E-state index in [9.17, 15) is 8.42 Å². The Bertz CT molecular complexity index is 876. The smallest absolute Gasteiger partial charge is 0.243 e. The second-order valence-electron chi connectivity index (χ2n) is 7.13. The van der Waals surface area contributed by atoms with E-state index in [1.807, 2.05) is 75.3 Å². The van der Waals surface area contributed by atoms with Crippen molar-refractivity contribution in [3.05, 3.63) is 65.7 Å². The van der Waals surface area contributed by atoms with Crippen LogP contribution in [-0.2, 0) is 23.1 Å². The number of hydrogen-bond acceptors (Lipinski definition) is 3. The number of rotatable bonds is 7. The molecule has 0 saturated heterocycles. The first-order valence-corrected chi connectivity index (χ1v) is 10.7. The maximum absolute atomic E-state index is 12.5. The lowest BCUT2D eigenvalue weighted by molar-refractivity contribution is 0.410. The van der Waals surface area contributed by atoms with E-state index < -0.39 is 10.0 Å². The van der Waals surface area contributed by atoms with Crippen molar-refractivity contribution in [1.82, 2.24) is 14.5 Å². The second-order valence-corrected chi connectivity index (χ2v) is 9.13. The molecule has 0 aromatic heterocycles. The molecule has 0 unspecified atom stereocenters. The largest absolute Gasteiger partial charge is 0.352 e. The molecule has 0 amide bonds. The van der Waals surface area contributed by atoms with Crippen LogP contribution in [0.2, 0.25) is 0 Å². The zero-order valence-corrected chi connectivity index (χ0v) is 18.1. The molecule has 2 aromatic carbocycles. The summed E-state index contributed by atoms with van der Waals surface area (Å²) in [7, 11) is 2.02. The summed E-state index contributed by atoms with van der Waals surface area (Å²) < 4.78 is 26.5. The molecule has 0 atom stereocenters. The van der Waals surface area contributed by atoms with Gasteiger partial charge in [-0.2, -0.15) is 4.31 Å². The number of nitrogens with one attached hydrogen (secondary N) is 1. The molecule has 0 radical (unpaired) electrons. The normalized spacial score (nSPS) is 12.5. The van der Waals surface area contributed by atoms with Gasteiger partial charge in [0.15, 0.2) is 5.96 Å². The summed E-state index contributed by atoms with van der Waals surface area (Å²) in [5, 5.41) is 3.32. The highest BCUT2D eigenvalue weighted by Crippen LogP contribution is 2.17. The number of aliphatic imine (C=N–C) groups is 1. The van der Waals surface area contributed by atoms with Gasteiger partial charge in [-0.05, 0) is 37.1 Å². The molecular weight excluding hydrogens is 372 g/mol. The molecule has 0 aliphatic rings. The summed E-state index contributed by atoms with van der Waals surface area (Å²) >= 11 is 0.